The van der Waals surface area contributed by atoms with Crippen LogP contribution in [-0.2, 0) is 14.6 Å². The Balaban J connectivity index is 1.62. The van der Waals surface area contributed by atoms with Crippen molar-refractivity contribution in [1.82, 2.24) is 5.32 Å². The van der Waals surface area contributed by atoms with Gasteiger partial charge in [-0.25, -0.2) is 18.0 Å². The summed E-state index contributed by atoms with van der Waals surface area (Å²) in [7, 11) is -4.09. The third-order valence-electron chi connectivity index (χ3n) is 6.21. The van der Waals surface area contributed by atoms with Crippen LogP contribution in [0.15, 0.2) is 86.8 Å². The van der Waals surface area contributed by atoms with E-state index in [9.17, 15) is 28.1 Å². The van der Waals surface area contributed by atoms with E-state index in [1.54, 1.807) is 51.3 Å². The van der Waals surface area contributed by atoms with Crippen LogP contribution in [0.3, 0.4) is 0 Å². The number of thiophene rings is 1. The number of nitrogens with one attached hydrogen (secondary N) is 3. The van der Waals surface area contributed by atoms with Crippen LogP contribution in [0.1, 0.15) is 31.2 Å². The lowest BCUT2D eigenvalue weighted by atomic mass is 9.98. The van der Waals surface area contributed by atoms with Gasteiger partial charge in [-0.05, 0) is 81.5 Å². The van der Waals surface area contributed by atoms with Crippen molar-refractivity contribution in [2.75, 3.05) is 11.6 Å². The molecule has 46 heavy (non-hydrogen) atoms. The van der Waals surface area contributed by atoms with Gasteiger partial charge in [0.2, 0.25) is 9.84 Å². The fourth-order valence-corrected chi connectivity index (χ4v) is 8.20. The Bertz CT molecular complexity index is 1930. The van der Waals surface area contributed by atoms with Gasteiger partial charge in [-0.15, -0.1) is 23.1 Å². The first-order chi connectivity index (χ1) is 21.6. The molecule has 0 atom stereocenters. The number of hydrogen-bond acceptors (Lipinski definition) is 11. The zero-order valence-electron chi connectivity index (χ0n) is 25.4. The normalized spacial score (nSPS) is 11.4. The number of ether oxygens (including phenoxy) is 2. The molecule has 4 aromatic rings. The Morgan fingerprint density at radius 2 is 1.67 bits per heavy atom. The lowest BCUT2D eigenvalue weighted by molar-refractivity contribution is -0.384. The highest BCUT2D eigenvalue weighted by Gasteiger charge is 2.27. The molecule has 15 heteroatoms. The number of sulfone groups is 1. The average Bonchev–Trinajstić information content (AvgIpc) is 3.42. The zero-order valence-corrected chi connectivity index (χ0v) is 27.8. The molecule has 3 N–H and O–H groups in total. The molecule has 240 valence electrons. The summed E-state index contributed by atoms with van der Waals surface area (Å²) in [5.74, 6) is -0.194. The second kappa shape index (κ2) is 13.7. The minimum Gasteiger partial charge on any atom is -0.444 e. The lowest BCUT2D eigenvalue weighted by Crippen LogP contribution is -2.36. The molecule has 1 heterocycles. The number of carbonyl (C=O) groups is 2. The van der Waals surface area contributed by atoms with Crippen molar-refractivity contribution in [1.29, 1.82) is 5.41 Å². The fourth-order valence-electron chi connectivity index (χ4n) is 4.26. The third-order valence-corrected chi connectivity index (χ3v) is 10.5. The summed E-state index contributed by atoms with van der Waals surface area (Å²) in [4.78, 5) is 35.5. The van der Waals surface area contributed by atoms with Gasteiger partial charge < -0.3 is 9.47 Å². The maximum Gasteiger partial charge on any atom is 0.417 e. The van der Waals surface area contributed by atoms with Crippen molar-refractivity contribution in [3.8, 4) is 16.9 Å². The highest BCUT2D eigenvalue weighted by atomic mass is 32.2. The van der Waals surface area contributed by atoms with Gasteiger partial charge in [-0.3, -0.25) is 26.2 Å². The summed E-state index contributed by atoms with van der Waals surface area (Å²) in [6.45, 7) is 6.88. The average molecular weight is 683 g/mol. The summed E-state index contributed by atoms with van der Waals surface area (Å²) < 4.78 is 38.8. The second-order valence-electron chi connectivity index (χ2n) is 10.8. The lowest BCUT2D eigenvalue weighted by Gasteiger charge is -2.19. The molecule has 0 aliphatic heterocycles. The van der Waals surface area contributed by atoms with E-state index >= 15 is 0 Å². The highest BCUT2D eigenvalue weighted by molar-refractivity contribution is 8.01. The Morgan fingerprint density at radius 1 is 1.00 bits per heavy atom. The second-order valence-corrected chi connectivity index (χ2v) is 14.8. The molecule has 0 radical (unpaired) electrons. The van der Waals surface area contributed by atoms with E-state index in [-0.39, 0.29) is 31.9 Å². The van der Waals surface area contributed by atoms with Crippen molar-refractivity contribution in [3.63, 3.8) is 0 Å². The Hall–Kier alpha value is -4.73. The Morgan fingerprint density at radius 3 is 2.30 bits per heavy atom. The number of carbonyl (C=O) groups excluding carboxylic acids is 2. The van der Waals surface area contributed by atoms with Gasteiger partial charge in [0, 0.05) is 17.7 Å². The number of non-ortho nitro benzene ring substituents is 1. The number of rotatable bonds is 8. The molecule has 3 aromatic carbocycles. The maximum atomic E-state index is 13.9. The van der Waals surface area contributed by atoms with Crippen molar-refractivity contribution < 1.29 is 32.4 Å². The fraction of sp³-hybridized carbons (Fsp3) is 0.194. The molecule has 12 nitrogen and oxygen atoms in total. The molecule has 4 rings (SSSR count). The van der Waals surface area contributed by atoms with Crippen LogP contribution < -0.4 is 15.4 Å². The van der Waals surface area contributed by atoms with Gasteiger partial charge in [-0.2, -0.15) is 0 Å². The number of amides is 2. The third kappa shape index (κ3) is 8.10. The molecule has 0 aliphatic carbocycles. The van der Waals surface area contributed by atoms with E-state index in [2.05, 4.69) is 10.6 Å². The molecular formula is C31H30N4O8S3. The van der Waals surface area contributed by atoms with Crippen LogP contribution in [0.4, 0.5) is 21.0 Å². The molecule has 0 spiro atoms. The van der Waals surface area contributed by atoms with E-state index < -0.39 is 32.5 Å². The predicted octanol–water partition coefficient (Wildman–Crippen LogP) is 7.65. The number of benzene rings is 3. The number of aryl methyl sites for hydroxylation is 1. The Labute approximate surface area is 273 Å². The van der Waals surface area contributed by atoms with Crippen LogP contribution in [0, 0.1) is 22.4 Å². The first-order valence-electron chi connectivity index (χ1n) is 13.5. The first-order valence-corrected chi connectivity index (χ1v) is 17.1. The summed E-state index contributed by atoms with van der Waals surface area (Å²) >= 11 is 2.26. The molecule has 0 fully saturated rings. The van der Waals surface area contributed by atoms with Crippen LogP contribution in [0.25, 0.3) is 11.1 Å². The number of nitro benzene ring substituents is 1. The molecule has 1 aromatic heterocycles. The molecule has 0 saturated heterocycles. The van der Waals surface area contributed by atoms with Crippen LogP contribution in [0.5, 0.6) is 5.75 Å². The number of anilines is 1. The van der Waals surface area contributed by atoms with Crippen LogP contribution in [-0.4, -0.2) is 43.2 Å². The van der Waals surface area contributed by atoms with E-state index in [4.69, 9.17) is 14.9 Å². The van der Waals surface area contributed by atoms with Crippen molar-refractivity contribution in [3.05, 3.63) is 93.4 Å². The standard InChI is InChI=1S/C31H30N4O8S3/c1-18-8-6-11-23(33-29(36)42-21-14-12-20(13-15-21)35(38)39)26(18)19-9-7-10-22(16-19)46(40,41)25-17-24(45-28(25)44-5)27(32)34-30(37)43-31(2,3)4/h6-17H,1-5H3,(H,33,36)(H2,32,34,37). The Kier molecular flexibility index (Phi) is 10.2. The summed E-state index contributed by atoms with van der Waals surface area (Å²) in [6.07, 6.45) is 0.0483. The van der Waals surface area contributed by atoms with Crippen LogP contribution >= 0.6 is 23.1 Å². The summed E-state index contributed by atoms with van der Waals surface area (Å²) in [6, 6.07) is 17.8. The van der Waals surface area contributed by atoms with E-state index in [1.165, 1.54) is 54.2 Å². The molecule has 0 bridgehead atoms. The topological polar surface area (TPSA) is 178 Å². The largest absolute Gasteiger partial charge is 0.444 e. The SMILES string of the molecule is CSc1sc(C(=N)NC(=O)OC(C)(C)C)cc1S(=O)(=O)c1cccc(-c2c(C)cccc2NC(=O)Oc2ccc([N+](=O)[O-])cc2)c1. The highest BCUT2D eigenvalue weighted by Crippen LogP contribution is 2.39. The monoisotopic (exact) mass is 682 g/mol. The quantitative estimate of drug-likeness (QED) is 0.0553. The van der Waals surface area contributed by atoms with Gasteiger partial charge >= 0.3 is 12.2 Å². The van der Waals surface area contributed by atoms with Crippen molar-refractivity contribution in [2.45, 2.75) is 47.3 Å². The minimum atomic E-state index is -4.09. The summed E-state index contributed by atoms with van der Waals surface area (Å²) in [5.41, 5.74) is 1.23. The van der Waals surface area contributed by atoms with Gasteiger partial charge in [0.05, 0.1) is 29.5 Å². The zero-order chi connectivity index (χ0) is 33.8. The first kappa shape index (κ1) is 34.1. The summed E-state index contributed by atoms with van der Waals surface area (Å²) in [5, 5.41) is 24.3. The van der Waals surface area contributed by atoms with Gasteiger partial charge in [-0.1, -0.05) is 24.3 Å². The predicted molar refractivity (Wildman–Crippen MR) is 177 cm³/mol. The minimum absolute atomic E-state index is 0.0114. The number of thioether (sulfide) groups is 1. The molecule has 0 saturated carbocycles. The van der Waals surface area contributed by atoms with E-state index in [1.807, 2.05) is 13.0 Å². The molecule has 2 amide bonds. The molecule has 0 unspecified atom stereocenters. The molecule has 0 aliphatic rings. The number of nitro groups is 1. The van der Waals surface area contributed by atoms with Crippen LogP contribution in [0.2, 0.25) is 0 Å². The number of hydrogen-bond donors (Lipinski definition) is 3. The van der Waals surface area contributed by atoms with E-state index in [0.717, 1.165) is 16.9 Å². The number of amidine groups is 1. The number of alkyl carbamates (subject to hydrolysis) is 1. The smallest absolute Gasteiger partial charge is 0.417 e. The van der Waals surface area contributed by atoms with Gasteiger partial charge in [0.15, 0.2) is 0 Å². The molecular weight excluding hydrogens is 653 g/mol. The van der Waals surface area contributed by atoms with Gasteiger partial charge in [0.1, 0.15) is 17.2 Å². The maximum absolute atomic E-state index is 13.9. The van der Waals surface area contributed by atoms with Crippen molar-refractivity contribution >= 4 is 62.3 Å². The number of nitrogens with zero attached hydrogens (tertiary/aromatic N) is 1. The van der Waals surface area contributed by atoms with Gasteiger partial charge in [0.25, 0.3) is 5.69 Å². The van der Waals surface area contributed by atoms with E-state index in [0.29, 0.717) is 21.0 Å². The van der Waals surface area contributed by atoms with Crippen molar-refractivity contribution in [2.24, 2.45) is 0 Å².